The smallest absolute Gasteiger partial charge is 0.229 e. The molecule has 1 aliphatic heterocycles. The van der Waals surface area contributed by atoms with Gasteiger partial charge in [0.05, 0.1) is 11.9 Å². The highest BCUT2D eigenvalue weighted by molar-refractivity contribution is 7.92. The van der Waals surface area contributed by atoms with Crippen LogP contribution in [0.25, 0.3) is 11.3 Å². The zero-order chi connectivity index (χ0) is 17.0. The molecule has 24 heavy (non-hydrogen) atoms. The van der Waals surface area contributed by atoms with Crippen molar-refractivity contribution < 1.29 is 8.42 Å². The molecule has 3 rings (SSSR count). The molecule has 2 heterocycles. The van der Waals surface area contributed by atoms with Gasteiger partial charge in [-0.05, 0) is 37.1 Å². The molecule has 6 nitrogen and oxygen atoms in total. The number of hydrogen-bond acceptors (Lipinski definition) is 5. The first-order valence-electron chi connectivity index (χ1n) is 8.18. The van der Waals surface area contributed by atoms with Gasteiger partial charge in [0, 0.05) is 24.3 Å². The number of sulfonamides is 1. The van der Waals surface area contributed by atoms with Crippen molar-refractivity contribution in [3.63, 3.8) is 0 Å². The molecule has 0 spiro atoms. The first kappa shape index (κ1) is 16.7. The highest BCUT2D eigenvalue weighted by Crippen LogP contribution is 2.23. The van der Waals surface area contributed by atoms with Crippen LogP contribution in [-0.2, 0) is 10.0 Å². The summed E-state index contributed by atoms with van der Waals surface area (Å²) in [5.74, 6) is 0.908. The molecule has 1 fully saturated rings. The number of anilines is 2. The summed E-state index contributed by atoms with van der Waals surface area (Å²) in [5.41, 5.74) is 2.08. The molecule has 0 atom stereocenters. The van der Waals surface area contributed by atoms with Gasteiger partial charge < -0.3 is 4.90 Å². The zero-order valence-electron chi connectivity index (χ0n) is 13.8. The van der Waals surface area contributed by atoms with Gasteiger partial charge in [0.25, 0.3) is 0 Å². The Hall–Kier alpha value is -2.15. The normalized spacial score (nSPS) is 15.8. The second-order valence-corrected chi connectivity index (χ2v) is 7.88. The second-order valence-electron chi connectivity index (χ2n) is 6.13. The Labute approximate surface area is 143 Å². The quantitative estimate of drug-likeness (QED) is 0.921. The number of hydrogen-bond donors (Lipinski definition) is 1. The molecule has 0 unspecified atom stereocenters. The molecule has 128 valence electrons. The van der Waals surface area contributed by atoms with Crippen molar-refractivity contribution in [3.05, 3.63) is 36.4 Å². The van der Waals surface area contributed by atoms with Crippen molar-refractivity contribution in [3.8, 4) is 11.3 Å². The van der Waals surface area contributed by atoms with Crippen LogP contribution in [-0.4, -0.2) is 38.0 Å². The SMILES string of the molecule is CS(=O)(=O)Nc1cccc(-c2ccc(N3CCCCCC3)nn2)c1. The van der Waals surface area contributed by atoms with Gasteiger partial charge in [0.1, 0.15) is 0 Å². The average molecular weight is 346 g/mol. The molecule has 0 saturated carbocycles. The van der Waals surface area contributed by atoms with Crippen LogP contribution in [0.1, 0.15) is 25.7 Å². The lowest BCUT2D eigenvalue weighted by molar-refractivity contribution is 0.607. The molecular weight excluding hydrogens is 324 g/mol. The third-order valence-corrected chi connectivity index (χ3v) is 4.65. The molecule has 0 amide bonds. The highest BCUT2D eigenvalue weighted by atomic mass is 32.2. The maximum Gasteiger partial charge on any atom is 0.229 e. The molecule has 7 heteroatoms. The first-order valence-corrected chi connectivity index (χ1v) is 10.1. The molecule has 2 aromatic rings. The maximum absolute atomic E-state index is 11.4. The van der Waals surface area contributed by atoms with Crippen LogP contribution in [0.3, 0.4) is 0 Å². The van der Waals surface area contributed by atoms with E-state index >= 15 is 0 Å². The van der Waals surface area contributed by atoms with E-state index in [1.165, 1.54) is 25.7 Å². The van der Waals surface area contributed by atoms with E-state index in [2.05, 4.69) is 19.8 Å². The van der Waals surface area contributed by atoms with Gasteiger partial charge in [0.15, 0.2) is 5.82 Å². The molecule has 1 aliphatic rings. The van der Waals surface area contributed by atoms with Crippen molar-refractivity contribution in [2.45, 2.75) is 25.7 Å². The lowest BCUT2D eigenvalue weighted by atomic mass is 10.1. The molecule has 1 N–H and O–H groups in total. The average Bonchev–Trinajstić information content (AvgIpc) is 2.83. The summed E-state index contributed by atoms with van der Waals surface area (Å²) in [5, 5.41) is 8.69. The maximum atomic E-state index is 11.4. The Morgan fingerprint density at radius 2 is 1.75 bits per heavy atom. The molecule has 0 bridgehead atoms. The van der Waals surface area contributed by atoms with Crippen molar-refractivity contribution >= 4 is 21.5 Å². The Kier molecular flexibility index (Phi) is 4.99. The Morgan fingerprint density at radius 1 is 1.00 bits per heavy atom. The summed E-state index contributed by atoms with van der Waals surface area (Å²) < 4.78 is 25.2. The van der Waals surface area contributed by atoms with Gasteiger partial charge in [-0.3, -0.25) is 4.72 Å². The van der Waals surface area contributed by atoms with Gasteiger partial charge in [0.2, 0.25) is 10.0 Å². The van der Waals surface area contributed by atoms with Gasteiger partial charge >= 0.3 is 0 Å². The summed E-state index contributed by atoms with van der Waals surface area (Å²) >= 11 is 0. The highest BCUT2D eigenvalue weighted by Gasteiger charge is 2.12. The molecule has 0 aliphatic carbocycles. The predicted molar refractivity (Wildman–Crippen MR) is 96.6 cm³/mol. The van der Waals surface area contributed by atoms with Gasteiger partial charge in [-0.15, -0.1) is 10.2 Å². The van der Waals surface area contributed by atoms with E-state index in [4.69, 9.17) is 0 Å². The molecular formula is C17H22N4O2S. The van der Waals surface area contributed by atoms with Crippen LogP contribution in [0, 0.1) is 0 Å². The van der Waals surface area contributed by atoms with Crippen LogP contribution in [0.2, 0.25) is 0 Å². The molecule has 1 saturated heterocycles. The topological polar surface area (TPSA) is 75.2 Å². The van der Waals surface area contributed by atoms with Crippen molar-refractivity contribution in [1.82, 2.24) is 10.2 Å². The summed E-state index contributed by atoms with van der Waals surface area (Å²) in [6, 6.07) is 11.1. The van der Waals surface area contributed by atoms with E-state index in [-0.39, 0.29) is 0 Å². The van der Waals surface area contributed by atoms with Crippen LogP contribution in [0.15, 0.2) is 36.4 Å². The standard InChI is InChI=1S/C17H22N4O2S/c1-24(22,23)20-15-8-6-7-14(13-15)16-9-10-17(19-18-16)21-11-4-2-3-5-12-21/h6-10,13,20H,2-5,11-12H2,1H3. The minimum Gasteiger partial charge on any atom is -0.355 e. The number of benzene rings is 1. The van der Waals surface area contributed by atoms with E-state index in [9.17, 15) is 8.42 Å². The number of rotatable bonds is 4. The molecule has 0 radical (unpaired) electrons. The van der Waals surface area contributed by atoms with Crippen molar-refractivity contribution in [2.24, 2.45) is 0 Å². The van der Waals surface area contributed by atoms with Crippen molar-refractivity contribution in [1.29, 1.82) is 0 Å². The second kappa shape index (κ2) is 7.17. The van der Waals surface area contributed by atoms with Gasteiger partial charge in [-0.25, -0.2) is 8.42 Å². The minimum absolute atomic E-state index is 0.522. The van der Waals surface area contributed by atoms with E-state index in [1.54, 1.807) is 18.2 Å². The lowest BCUT2D eigenvalue weighted by Crippen LogP contribution is -2.25. The largest absolute Gasteiger partial charge is 0.355 e. The van der Waals surface area contributed by atoms with Gasteiger partial charge in [-0.2, -0.15) is 0 Å². The fourth-order valence-corrected chi connectivity index (χ4v) is 3.46. The zero-order valence-corrected chi connectivity index (χ0v) is 14.6. The van der Waals surface area contributed by atoms with E-state index in [0.29, 0.717) is 5.69 Å². The third kappa shape index (κ3) is 4.44. The number of aromatic nitrogens is 2. The van der Waals surface area contributed by atoms with E-state index in [1.807, 2.05) is 18.2 Å². The van der Waals surface area contributed by atoms with Crippen LogP contribution in [0.4, 0.5) is 11.5 Å². The molecule has 1 aromatic carbocycles. The monoisotopic (exact) mass is 346 g/mol. The predicted octanol–water partition coefficient (Wildman–Crippen LogP) is 2.90. The van der Waals surface area contributed by atoms with Crippen molar-refractivity contribution in [2.75, 3.05) is 29.0 Å². The number of nitrogens with one attached hydrogen (secondary N) is 1. The third-order valence-electron chi connectivity index (χ3n) is 4.04. The Morgan fingerprint density at radius 3 is 2.38 bits per heavy atom. The lowest BCUT2D eigenvalue weighted by Gasteiger charge is -2.20. The Bertz CT molecular complexity index is 782. The number of nitrogens with zero attached hydrogens (tertiary/aromatic N) is 3. The summed E-state index contributed by atoms with van der Waals surface area (Å²) in [7, 11) is -3.29. The molecule has 1 aromatic heterocycles. The van der Waals surface area contributed by atoms with Crippen LogP contribution < -0.4 is 9.62 Å². The summed E-state index contributed by atoms with van der Waals surface area (Å²) in [6.07, 6.45) is 6.09. The summed E-state index contributed by atoms with van der Waals surface area (Å²) in [4.78, 5) is 2.28. The van der Waals surface area contributed by atoms with Crippen LogP contribution in [0.5, 0.6) is 0 Å². The summed E-state index contributed by atoms with van der Waals surface area (Å²) in [6.45, 7) is 2.06. The van der Waals surface area contributed by atoms with E-state index in [0.717, 1.165) is 36.4 Å². The minimum atomic E-state index is -3.29. The first-order chi connectivity index (χ1) is 11.5. The van der Waals surface area contributed by atoms with E-state index < -0.39 is 10.0 Å². The Balaban J connectivity index is 1.79. The van der Waals surface area contributed by atoms with Gasteiger partial charge in [-0.1, -0.05) is 25.0 Å². The fourth-order valence-electron chi connectivity index (χ4n) is 2.90. The fraction of sp³-hybridized carbons (Fsp3) is 0.412. The van der Waals surface area contributed by atoms with Crippen LogP contribution >= 0.6 is 0 Å².